The van der Waals surface area contributed by atoms with Gasteiger partial charge in [-0.3, -0.25) is 4.79 Å². The number of benzene rings is 1. The number of rotatable bonds is 5. The zero-order valence-corrected chi connectivity index (χ0v) is 12.5. The molecule has 1 aliphatic rings. The molecule has 1 saturated carbocycles. The molecule has 3 N–H and O–H groups in total. The van der Waals surface area contributed by atoms with Gasteiger partial charge in [-0.25, -0.2) is 4.39 Å². The lowest BCUT2D eigenvalue weighted by atomic mass is 9.96. The number of nitrogens with two attached hydrogens (primary N) is 1. The molecule has 116 valence electrons. The van der Waals surface area contributed by atoms with Crippen molar-refractivity contribution in [3.63, 3.8) is 0 Å². The maximum Gasteiger partial charge on any atom is 0.220 e. The molecule has 0 unspecified atom stereocenters. The summed E-state index contributed by atoms with van der Waals surface area (Å²) >= 11 is 0. The van der Waals surface area contributed by atoms with Crippen LogP contribution in [0.1, 0.15) is 56.1 Å². The zero-order valence-electron chi connectivity index (χ0n) is 12.5. The fourth-order valence-corrected chi connectivity index (χ4v) is 2.96. The first-order valence-electron chi connectivity index (χ1n) is 7.93. The molecule has 0 radical (unpaired) electrons. The van der Waals surface area contributed by atoms with E-state index in [1.165, 1.54) is 31.7 Å². The second-order valence-corrected chi connectivity index (χ2v) is 5.97. The number of hydrogen-bond acceptors (Lipinski definition) is 2. The molecule has 0 aromatic heterocycles. The lowest BCUT2D eigenvalue weighted by Gasteiger charge is -2.14. The Morgan fingerprint density at radius 3 is 2.57 bits per heavy atom. The zero-order chi connectivity index (χ0) is 15.1. The summed E-state index contributed by atoms with van der Waals surface area (Å²) in [7, 11) is 0. The monoisotopic (exact) mass is 292 g/mol. The Kier molecular flexibility index (Phi) is 6.18. The van der Waals surface area contributed by atoms with E-state index in [0.29, 0.717) is 24.4 Å². The number of hydrogen-bond donors (Lipinski definition) is 2. The van der Waals surface area contributed by atoms with Gasteiger partial charge in [-0.05, 0) is 30.4 Å². The van der Waals surface area contributed by atoms with E-state index in [-0.39, 0.29) is 18.3 Å². The highest BCUT2D eigenvalue weighted by atomic mass is 19.1. The molecule has 0 aliphatic heterocycles. The molecular weight excluding hydrogens is 267 g/mol. The van der Waals surface area contributed by atoms with Crippen LogP contribution in [0.4, 0.5) is 4.39 Å². The molecular formula is C17H25FN2O. The van der Waals surface area contributed by atoms with Crippen molar-refractivity contribution in [3.8, 4) is 0 Å². The summed E-state index contributed by atoms with van der Waals surface area (Å²) in [6, 6.07) is 4.94. The van der Waals surface area contributed by atoms with Crippen LogP contribution >= 0.6 is 0 Å². The van der Waals surface area contributed by atoms with E-state index in [4.69, 9.17) is 5.73 Å². The van der Waals surface area contributed by atoms with Crippen LogP contribution in [0.5, 0.6) is 0 Å². The van der Waals surface area contributed by atoms with Crippen LogP contribution in [0, 0.1) is 11.7 Å². The van der Waals surface area contributed by atoms with Crippen LogP contribution in [0.25, 0.3) is 0 Å². The average molecular weight is 292 g/mol. The molecule has 1 aromatic rings. The third-order valence-corrected chi connectivity index (χ3v) is 4.28. The molecule has 2 rings (SSSR count). The SMILES string of the molecule is NCc1ccc(CNC(=O)CC2CCCCCC2)c(F)c1. The van der Waals surface area contributed by atoms with E-state index in [0.717, 1.165) is 18.4 Å². The van der Waals surface area contributed by atoms with Crippen molar-refractivity contribution < 1.29 is 9.18 Å². The van der Waals surface area contributed by atoms with E-state index in [1.807, 2.05) is 0 Å². The second-order valence-electron chi connectivity index (χ2n) is 5.97. The average Bonchev–Trinajstić information content (AvgIpc) is 2.74. The van der Waals surface area contributed by atoms with Crippen LogP contribution in [-0.4, -0.2) is 5.91 Å². The van der Waals surface area contributed by atoms with Gasteiger partial charge in [0.25, 0.3) is 0 Å². The van der Waals surface area contributed by atoms with Gasteiger partial charge in [0.05, 0.1) is 0 Å². The Bertz CT molecular complexity index is 468. The molecule has 0 saturated heterocycles. The van der Waals surface area contributed by atoms with Crippen molar-refractivity contribution in [1.29, 1.82) is 0 Å². The van der Waals surface area contributed by atoms with E-state index < -0.39 is 0 Å². The van der Waals surface area contributed by atoms with E-state index >= 15 is 0 Å². The normalized spacial score (nSPS) is 16.5. The highest BCUT2D eigenvalue weighted by molar-refractivity contribution is 5.76. The quantitative estimate of drug-likeness (QED) is 0.818. The highest BCUT2D eigenvalue weighted by Gasteiger charge is 2.16. The maximum absolute atomic E-state index is 13.8. The Hall–Kier alpha value is -1.42. The Morgan fingerprint density at radius 1 is 1.24 bits per heavy atom. The van der Waals surface area contributed by atoms with Gasteiger partial charge < -0.3 is 11.1 Å². The molecule has 0 atom stereocenters. The van der Waals surface area contributed by atoms with E-state index in [1.54, 1.807) is 12.1 Å². The number of carbonyl (C=O) groups excluding carboxylic acids is 1. The number of nitrogens with one attached hydrogen (secondary N) is 1. The largest absolute Gasteiger partial charge is 0.352 e. The summed E-state index contributed by atoms with van der Waals surface area (Å²) in [4.78, 5) is 12.0. The molecule has 1 fully saturated rings. The first-order chi connectivity index (χ1) is 10.2. The predicted molar refractivity (Wildman–Crippen MR) is 81.9 cm³/mol. The molecule has 3 nitrogen and oxygen atoms in total. The Labute approximate surface area is 126 Å². The van der Waals surface area contributed by atoms with Gasteiger partial charge in [-0.15, -0.1) is 0 Å². The van der Waals surface area contributed by atoms with Gasteiger partial charge in [0.1, 0.15) is 5.82 Å². The van der Waals surface area contributed by atoms with Crippen molar-refractivity contribution in [2.45, 2.75) is 58.0 Å². The molecule has 1 amide bonds. The summed E-state index contributed by atoms with van der Waals surface area (Å²) in [6.45, 7) is 0.577. The minimum Gasteiger partial charge on any atom is -0.352 e. The molecule has 1 aromatic carbocycles. The van der Waals surface area contributed by atoms with Crippen molar-refractivity contribution >= 4 is 5.91 Å². The van der Waals surface area contributed by atoms with Crippen molar-refractivity contribution in [3.05, 3.63) is 35.1 Å². The van der Waals surface area contributed by atoms with Gasteiger partial charge in [0.15, 0.2) is 0 Å². The molecule has 0 bridgehead atoms. The lowest BCUT2D eigenvalue weighted by Crippen LogP contribution is -2.25. The minimum atomic E-state index is -0.298. The van der Waals surface area contributed by atoms with Crippen LogP contribution in [0.15, 0.2) is 18.2 Å². The molecule has 21 heavy (non-hydrogen) atoms. The first kappa shape index (κ1) is 16.0. The summed E-state index contributed by atoms with van der Waals surface area (Å²) in [5.74, 6) is 0.230. The molecule has 4 heteroatoms. The third-order valence-electron chi connectivity index (χ3n) is 4.28. The van der Waals surface area contributed by atoms with Crippen LogP contribution in [-0.2, 0) is 17.9 Å². The topological polar surface area (TPSA) is 55.1 Å². The summed E-state index contributed by atoms with van der Waals surface area (Å²) in [5, 5.41) is 2.83. The third kappa shape index (κ3) is 5.12. The van der Waals surface area contributed by atoms with Crippen LogP contribution in [0.3, 0.4) is 0 Å². The Morgan fingerprint density at radius 2 is 1.95 bits per heavy atom. The molecule has 1 aliphatic carbocycles. The molecule has 0 heterocycles. The fourth-order valence-electron chi connectivity index (χ4n) is 2.96. The number of carbonyl (C=O) groups is 1. The number of halogens is 1. The Balaban J connectivity index is 1.80. The van der Waals surface area contributed by atoms with Crippen LogP contribution in [0.2, 0.25) is 0 Å². The first-order valence-corrected chi connectivity index (χ1v) is 7.93. The van der Waals surface area contributed by atoms with E-state index in [9.17, 15) is 9.18 Å². The van der Waals surface area contributed by atoms with Gasteiger partial charge in [0.2, 0.25) is 5.91 Å². The standard InChI is InChI=1S/C17H25FN2O/c18-16-9-14(11-19)7-8-15(16)12-20-17(21)10-13-5-3-1-2-4-6-13/h7-9,13H,1-6,10-12,19H2,(H,20,21). The molecule has 0 spiro atoms. The maximum atomic E-state index is 13.8. The fraction of sp³-hybridized carbons (Fsp3) is 0.588. The summed E-state index contributed by atoms with van der Waals surface area (Å²) in [6.07, 6.45) is 7.90. The van der Waals surface area contributed by atoms with Gasteiger partial charge in [-0.2, -0.15) is 0 Å². The lowest BCUT2D eigenvalue weighted by molar-refractivity contribution is -0.122. The van der Waals surface area contributed by atoms with Crippen molar-refractivity contribution in [2.75, 3.05) is 0 Å². The van der Waals surface area contributed by atoms with Crippen molar-refractivity contribution in [1.82, 2.24) is 5.32 Å². The van der Waals surface area contributed by atoms with Gasteiger partial charge in [0, 0.05) is 25.1 Å². The predicted octanol–water partition coefficient (Wildman–Crippen LogP) is 3.26. The summed E-state index contributed by atoms with van der Waals surface area (Å²) < 4.78 is 13.8. The summed E-state index contributed by atoms with van der Waals surface area (Å²) in [5.41, 5.74) is 6.75. The number of amides is 1. The van der Waals surface area contributed by atoms with Gasteiger partial charge >= 0.3 is 0 Å². The van der Waals surface area contributed by atoms with Gasteiger partial charge in [-0.1, -0.05) is 37.8 Å². The minimum absolute atomic E-state index is 0.0317. The second kappa shape index (κ2) is 8.13. The smallest absolute Gasteiger partial charge is 0.220 e. The van der Waals surface area contributed by atoms with Crippen molar-refractivity contribution in [2.24, 2.45) is 11.7 Å². The van der Waals surface area contributed by atoms with E-state index in [2.05, 4.69) is 5.32 Å². The van der Waals surface area contributed by atoms with Crippen LogP contribution < -0.4 is 11.1 Å². The highest BCUT2D eigenvalue weighted by Crippen LogP contribution is 2.25.